The SMILES string of the molecule is CC1(C)OC(=O)C(=Cc2ccc(F)cc2OCc2cc(F)cc(F)c2)C(=O)O1. The van der Waals surface area contributed by atoms with Gasteiger partial charge in [0, 0.05) is 31.5 Å². The Balaban J connectivity index is 1.89. The summed E-state index contributed by atoms with van der Waals surface area (Å²) in [6, 6.07) is 6.25. The van der Waals surface area contributed by atoms with E-state index in [4.69, 9.17) is 14.2 Å². The molecule has 0 aliphatic carbocycles. The molecule has 0 bridgehead atoms. The number of esters is 2. The Morgan fingerprint density at radius 3 is 2.14 bits per heavy atom. The van der Waals surface area contributed by atoms with Gasteiger partial charge < -0.3 is 14.2 Å². The van der Waals surface area contributed by atoms with Crippen molar-refractivity contribution in [3.8, 4) is 5.75 Å². The van der Waals surface area contributed by atoms with Gasteiger partial charge in [0.1, 0.15) is 35.4 Å². The van der Waals surface area contributed by atoms with Gasteiger partial charge in [0.25, 0.3) is 5.79 Å². The maximum Gasteiger partial charge on any atom is 0.348 e. The number of halogens is 3. The molecule has 0 amide bonds. The Morgan fingerprint density at radius 2 is 1.54 bits per heavy atom. The van der Waals surface area contributed by atoms with Gasteiger partial charge in [-0.3, -0.25) is 0 Å². The minimum absolute atomic E-state index is 0.0393. The van der Waals surface area contributed by atoms with Crippen LogP contribution in [0.3, 0.4) is 0 Å². The number of hydrogen-bond donors (Lipinski definition) is 0. The van der Waals surface area contributed by atoms with Crippen molar-refractivity contribution in [3.63, 3.8) is 0 Å². The van der Waals surface area contributed by atoms with Crippen molar-refractivity contribution in [1.29, 1.82) is 0 Å². The van der Waals surface area contributed by atoms with Gasteiger partial charge in [0.2, 0.25) is 0 Å². The summed E-state index contributed by atoms with van der Waals surface area (Å²) < 4.78 is 55.6. The molecule has 3 rings (SSSR count). The van der Waals surface area contributed by atoms with Crippen molar-refractivity contribution < 1.29 is 37.0 Å². The quantitative estimate of drug-likeness (QED) is 0.449. The van der Waals surface area contributed by atoms with Crippen LogP contribution in [-0.2, 0) is 25.7 Å². The maximum atomic E-state index is 13.6. The van der Waals surface area contributed by atoms with Crippen molar-refractivity contribution in [2.75, 3.05) is 0 Å². The molecule has 1 saturated heterocycles. The second kappa shape index (κ2) is 7.38. The first-order chi connectivity index (χ1) is 13.1. The van der Waals surface area contributed by atoms with Crippen LogP contribution in [0.15, 0.2) is 42.0 Å². The zero-order chi connectivity index (χ0) is 20.5. The van der Waals surface area contributed by atoms with Crippen LogP contribution in [0.25, 0.3) is 6.08 Å². The molecular formula is C20H15F3O5. The molecule has 8 heteroatoms. The molecule has 0 unspecified atom stereocenters. The third kappa shape index (κ3) is 4.51. The number of carbonyl (C=O) groups excluding carboxylic acids is 2. The first-order valence-electron chi connectivity index (χ1n) is 8.19. The van der Waals surface area contributed by atoms with Crippen LogP contribution in [-0.4, -0.2) is 17.7 Å². The zero-order valence-electron chi connectivity index (χ0n) is 14.9. The highest BCUT2D eigenvalue weighted by atomic mass is 19.1. The van der Waals surface area contributed by atoms with Gasteiger partial charge >= 0.3 is 11.9 Å². The molecule has 0 spiro atoms. The van der Waals surface area contributed by atoms with Crippen LogP contribution in [0.1, 0.15) is 25.0 Å². The highest BCUT2D eigenvalue weighted by molar-refractivity contribution is 6.19. The van der Waals surface area contributed by atoms with Gasteiger partial charge in [-0.15, -0.1) is 0 Å². The predicted molar refractivity (Wildman–Crippen MR) is 91.3 cm³/mol. The zero-order valence-corrected chi connectivity index (χ0v) is 14.9. The van der Waals surface area contributed by atoms with Crippen molar-refractivity contribution in [1.82, 2.24) is 0 Å². The Kier molecular flexibility index (Phi) is 5.13. The Morgan fingerprint density at radius 1 is 0.929 bits per heavy atom. The van der Waals surface area contributed by atoms with Crippen LogP contribution in [0.2, 0.25) is 0 Å². The number of rotatable bonds is 4. The topological polar surface area (TPSA) is 61.8 Å². The van der Waals surface area contributed by atoms with Gasteiger partial charge in [-0.25, -0.2) is 22.8 Å². The standard InChI is InChI=1S/C20H15F3O5/c1-20(2)27-18(24)16(19(25)28-20)7-12-3-4-13(21)9-17(12)26-10-11-5-14(22)8-15(23)6-11/h3-9H,10H2,1-2H3. The lowest BCUT2D eigenvalue weighted by molar-refractivity contribution is -0.222. The third-order valence-electron chi connectivity index (χ3n) is 3.71. The van der Waals surface area contributed by atoms with E-state index < -0.39 is 40.8 Å². The lowest BCUT2D eigenvalue weighted by Gasteiger charge is -2.29. The predicted octanol–water partition coefficient (Wildman–Crippen LogP) is 3.90. The fourth-order valence-electron chi connectivity index (χ4n) is 2.54. The van der Waals surface area contributed by atoms with Gasteiger partial charge in [-0.2, -0.15) is 0 Å². The summed E-state index contributed by atoms with van der Waals surface area (Å²) >= 11 is 0. The van der Waals surface area contributed by atoms with E-state index in [0.29, 0.717) is 6.07 Å². The summed E-state index contributed by atoms with van der Waals surface area (Å²) in [6.07, 6.45) is 1.14. The molecule has 0 radical (unpaired) electrons. The second-order valence-electron chi connectivity index (χ2n) is 6.49. The Labute approximate surface area is 158 Å². The number of ether oxygens (including phenoxy) is 3. The van der Waals surface area contributed by atoms with Crippen LogP contribution in [0.5, 0.6) is 5.75 Å². The lowest BCUT2D eigenvalue weighted by Crippen LogP contribution is -2.41. The molecule has 0 aromatic heterocycles. The van der Waals surface area contributed by atoms with E-state index in [2.05, 4.69) is 0 Å². The smallest absolute Gasteiger partial charge is 0.348 e. The minimum Gasteiger partial charge on any atom is -0.488 e. The van der Waals surface area contributed by atoms with Crippen LogP contribution in [0, 0.1) is 17.5 Å². The normalized spacial score (nSPS) is 15.7. The molecule has 1 fully saturated rings. The third-order valence-corrected chi connectivity index (χ3v) is 3.71. The molecule has 0 saturated carbocycles. The summed E-state index contributed by atoms with van der Waals surface area (Å²) in [5.41, 5.74) is -0.0342. The van der Waals surface area contributed by atoms with Crippen molar-refractivity contribution in [2.24, 2.45) is 0 Å². The summed E-state index contributed by atoms with van der Waals surface area (Å²) in [5, 5.41) is 0. The van der Waals surface area contributed by atoms with Crippen molar-refractivity contribution >= 4 is 18.0 Å². The Hall–Kier alpha value is -3.29. The molecule has 28 heavy (non-hydrogen) atoms. The summed E-state index contributed by atoms with van der Waals surface area (Å²) in [7, 11) is 0. The fraction of sp³-hybridized carbons (Fsp3) is 0.200. The molecule has 2 aromatic rings. The van der Waals surface area contributed by atoms with Gasteiger partial charge in [-0.05, 0) is 35.9 Å². The molecule has 5 nitrogen and oxygen atoms in total. The maximum absolute atomic E-state index is 13.6. The van der Waals surface area contributed by atoms with E-state index in [0.717, 1.165) is 30.3 Å². The van der Waals surface area contributed by atoms with Crippen LogP contribution < -0.4 is 4.74 Å². The first-order valence-corrected chi connectivity index (χ1v) is 8.19. The molecule has 1 aliphatic rings. The monoisotopic (exact) mass is 392 g/mol. The summed E-state index contributed by atoms with van der Waals surface area (Å²) in [4.78, 5) is 24.1. The van der Waals surface area contributed by atoms with Gasteiger partial charge in [0.05, 0.1) is 0 Å². The number of carbonyl (C=O) groups is 2. The summed E-state index contributed by atoms with van der Waals surface area (Å²) in [5.74, 6) is -5.44. The molecule has 146 valence electrons. The summed E-state index contributed by atoms with van der Waals surface area (Å²) in [6.45, 7) is 2.55. The highest BCUT2D eigenvalue weighted by Crippen LogP contribution is 2.28. The molecule has 0 atom stereocenters. The number of benzene rings is 2. The average molecular weight is 392 g/mol. The van der Waals surface area contributed by atoms with E-state index in [1.807, 2.05) is 0 Å². The number of cyclic esters (lactones) is 2. The van der Waals surface area contributed by atoms with Gasteiger partial charge in [-0.1, -0.05) is 0 Å². The van der Waals surface area contributed by atoms with Crippen molar-refractivity contribution in [3.05, 3.63) is 70.5 Å². The molecule has 2 aromatic carbocycles. The van der Waals surface area contributed by atoms with E-state index in [9.17, 15) is 22.8 Å². The van der Waals surface area contributed by atoms with E-state index in [-0.39, 0.29) is 23.5 Å². The van der Waals surface area contributed by atoms with Crippen LogP contribution >= 0.6 is 0 Å². The Bertz CT molecular complexity index is 940. The minimum atomic E-state index is -1.39. The largest absolute Gasteiger partial charge is 0.488 e. The lowest BCUT2D eigenvalue weighted by atomic mass is 10.1. The fourth-order valence-corrected chi connectivity index (χ4v) is 2.54. The molecular weight excluding hydrogens is 377 g/mol. The van der Waals surface area contributed by atoms with Crippen molar-refractivity contribution in [2.45, 2.75) is 26.2 Å². The van der Waals surface area contributed by atoms with E-state index in [1.54, 1.807) is 0 Å². The first kappa shape index (κ1) is 19.5. The molecule has 1 heterocycles. The second-order valence-corrected chi connectivity index (χ2v) is 6.49. The number of hydrogen-bond acceptors (Lipinski definition) is 5. The van der Waals surface area contributed by atoms with E-state index >= 15 is 0 Å². The highest BCUT2D eigenvalue weighted by Gasteiger charge is 2.39. The molecule has 1 aliphatic heterocycles. The van der Waals surface area contributed by atoms with Crippen LogP contribution in [0.4, 0.5) is 13.2 Å². The van der Waals surface area contributed by atoms with Gasteiger partial charge in [0.15, 0.2) is 0 Å². The molecule has 0 N–H and O–H groups in total. The van der Waals surface area contributed by atoms with E-state index in [1.165, 1.54) is 19.9 Å². The average Bonchev–Trinajstić information content (AvgIpc) is 2.56.